The molecule has 0 aliphatic carbocycles. The summed E-state index contributed by atoms with van der Waals surface area (Å²) in [6.07, 6.45) is 8.54. The molecular formula is C56H44Cl4N2O4. The van der Waals surface area contributed by atoms with E-state index >= 15 is 0 Å². The lowest BCUT2D eigenvalue weighted by Gasteiger charge is -2.28. The van der Waals surface area contributed by atoms with Gasteiger partial charge in [-0.3, -0.25) is 0 Å². The van der Waals surface area contributed by atoms with Gasteiger partial charge >= 0.3 is 5.97 Å². The van der Waals surface area contributed by atoms with Crippen molar-refractivity contribution < 1.29 is 19.0 Å². The van der Waals surface area contributed by atoms with Gasteiger partial charge in [0.05, 0.1) is 25.7 Å². The summed E-state index contributed by atoms with van der Waals surface area (Å²) in [4.78, 5) is 19.3. The van der Waals surface area contributed by atoms with Crippen molar-refractivity contribution in [2.75, 3.05) is 36.0 Å². The lowest BCUT2D eigenvalue weighted by molar-refractivity contribution is 0.0300. The summed E-state index contributed by atoms with van der Waals surface area (Å²) >= 11 is 27.8. The van der Waals surface area contributed by atoms with Crippen LogP contribution in [0.4, 0.5) is 11.4 Å². The Bertz CT molecular complexity index is 2770. The third-order valence-corrected chi connectivity index (χ3v) is 14.2. The van der Waals surface area contributed by atoms with Crippen molar-refractivity contribution in [3.63, 3.8) is 0 Å². The average Bonchev–Trinajstić information content (AvgIpc) is 4.16. The summed E-state index contributed by atoms with van der Waals surface area (Å²) in [6, 6.07) is 52.0. The van der Waals surface area contributed by atoms with E-state index in [1.807, 2.05) is 121 Å². The van der Waals surface area contributed by atoms with Crippen molar-refractivity contribution >= 4 is 74.9 Å². The van der Waals surface area contributed by atoms with Gasteiger partial charge in [-0.1, -0.05) is 131 Å². The molecule has 6 nitrogen and oxygen atoms in total. The first-order valence-corrected chi connectivity index (χ1v) is 23.7. The third-order valence-electron chi connectivity index (χ3n) is 12.4. The van der Waals surface area contributed by atoms with Crippen LogP contribution in [-0.2, 0) is 10.3 Å². The van der Waals surface area contributed by atoms with Crippen LogP contribution in [-0.4, -0.2) is 32.1 Å². The van der Waals surface area contributed by atoms with Gasteiger partial charge in [-0.05, 0) is 144 Å². The third kappa shape index (κ3) is 8.91. The number of hydrogen-bond acceptors (Lipinski definition) is 6. The smallest absolute Gasteiger partial charge is 0.341 e. The molecule has 0 radical (unpaired) electrons. The minimum Gasteiger partial charge on any atom is -0.457 e. The average molecular weight is 951 g/mol. The Morgan fingerprint density at radius 2 is 0.803 bits per heavy atom. The minimum atomic E-state index is -1.67. The zero-order valence-corrected chi connectivity index (χ0v) is 38.9. The van der Waals surface area contributed by atoms with Crippen LogP contribution < -0.4 is 19.3 Å². The highest BCUT2D eigenvalue weighted by molar-refractivity contribution is 6.53. The highest BCUT2D eigenvalue weighted by Gasteiger charge is 2.48. The number of cyclic esters (lactones) is 1. The van der Waals surface area contributed by atoms with Crippen LogP contribution in [0.1, 0.15) is 63.9 Å². The highest BCUT2D eigenvalue weighted by atomic mass is 35.5. The van der Waals surface area contributed by atoms with Crippen LogP contribution in [0, 0.1) is 0 Å². The molecular weight excluding hydrogens is 906 g/mol. The lowest BCUT2D eigenvalue weighted by atomic mass is 9.83. The van der Waals surface area contributed by atoms with Crippen molar-refractivity contribution in [2.24, 2.45) is 0 Å². The van der Waals surface area contributed by atoms with E-state index in [4.69, 9.17) is 60.6 Å². The summed E-state index contributed by atoms with van der Waals surface area (Å²) in [7, 11) is 0. The number of halogens is 4. The molecule has 0 bridgehead atoms. The quantitative estimate of drug-likeness (QED) is 0.0691. The largest absolute Gasteiger partial charge is 0.457 e. The SMILES string of the molecule is O=C1OC(/C=C(/c2ccc(Oc3ccccc3)cc2)c2ccc(N3CCCC3)cc2)(/C=C(/c2ccc(Oc3ccccc3)cc2)c2ccc(N3CCCC3)cc2)c2c(Cl)c(Cl)c(Cl)c(Cl)c21. The molecule has 0 spiro atoms. The topological polar surface area (TPSA) is 51.2 Å². The van der Waals surface area contributed by atoms with Gasteiger partial charge in [0.2, 0.25) is 0 Å². The van der Waals surface area contributed by atoms with Crippen molar-refractivity contribution in [1.29, 1.82) is 0 Å². The van der Waals surface area contributed by atoms with Gasteiger partial charge in [-0.25, -0.2) is 4.79 Å². The number of nitrogens with zero attached hydrogens (tertiary/aromatic N) is 2. The maximum absolute atomic E-state index is 14.5. The molecule has 0 N–H and O–H groups in total. The fourth-order valence-corrected chi connectivity index (χ4v) is 10.2. The van der Waals surface area contributed by atoms with Gasteiger partial charge in [0.1, 0.15) is 23.0 Å². The summed E-state index contributed by atoms with van der Waals surface area (Å²) in [6.45, 7) is 4.04. The number of anilines is 2. The molecule has 2 fully saturated rings. The number of esters is 1. The normalized spacial score (nSPS) is 15.8. The Balaban J connectivity index is 1.19. The second-order valence-electron chi connectivity index (χ2n) is 16.7. The molecule has 0 unspecified atom stereocenters. The van der Waals surface area contributed by atoms with E-state index in [2.05, 4.69) is 58.3 Å². The van der Waals surface area contributed by atoms with E-state index in [1.54, 1.807) is 0 Å². The minimum absolute atomic E-state index is 0.0180. The summed E-state index contributed by atoms with van der Waals surface area (Å²) in [5, 5.41) is 0.0170. The monoisotopic (exact) mass is 948 g/mol. The van der Waals surface area contributed by atoms with Gasteiger partial charge in [-0.15, -0.1) is 0 Å². The maximum Gasteiger partial charge on any atom is 0.341 e. The number of hydrogen-bond donors (Lipinski definition) is 0. The number of rotatable bonds is 12. The first kappa shape index (κ1) is 43.7. The van der Waals surface area contributed by atoms with E-state index < -0.39 is 11.6 Å². The first-order valence-electron chi connectivity index (χ1n) is 22.2. The predicted octanol–water partition coefficient (Wildman–Crippen LogP) is 15.7. The summed E-state index contributed by atoms with van der Waals surface area (Å²) in [5.74, 6) is 2.08. The van der Waals surface area contributed by atoms with E-state index in [0.29, 0.717) is 17.1 Å². The zero-order chi connectivity index (χ0) is 45.2. The Hall–Kier alpha value is -6.15. The van der Waals surface area contributed by atoms with Crippen molar-refractivity contribution in [2.45, 2.75) is 31.3 Å². The van der Waals surface area contributed by atoms with Gasteiger partial charge in [0, 0.05) is 43.1 Å². The van der Waals surface area contributed by atoms with Crippen LogP contribution >= 0.6 is 46.4 Å². The number of para-hydroxylation sites is 2. The van der Waals surface area contributed by atoms with Crippen LogP contribution in [0.5, 0.6) is 23.0 Å². The second-order valence-corrected chi connectivity index (χ2v) is 18.2. The molecule has 3 aliphatic rings. The summed E-state index contributed by atoms with van der Waals surface area (Å²) < 4.78 is 19.1. The Morgan fingerprint density at radius 1 is 0.455 bits per heavy atom. The molecule has 3 heterocycles. The molecule has 7 aromatic rings. The maximum atomic E-state index is 14.5. The molecule has 0 saturated carbocycles. The van der Waals surface area contributed by atoms with E-state index in [1.165, 1.54) is 0 Å². The van der Waals surface area contributed by atoms with Crippen LogP contribution in [0.15, 0.2) is 170 Å². The van der Waals surface area contributed by atoms with E-state index in [9.17, 15) is 4.79 Å². The van der Waals surface area contributed by atoms with Crippen LogP contribution in [0.3, 0.4) is 0 Å². The van der Waals surface area contributed by atoms with Crippen LogP contribution in [0.2, 0.25) is 20.1 Å². The van der Waals surface area contributed by atoms with E-state index in [-0.39, 0.29) is 25.7 Å². The second kappa shape index (κ2) is 19.0. The van der Waals surface area contributed by atoms with Gasteiger partial charge in [0.25, 0.3) is 0 Å². The first-order chi connectivity index (χ1) is 32.2. The van der Waals surface area contributed by atoms with Crippen molar-refractivity contribution in [3.8, 4) is 23.0 Å². The van der Waals surface area contributed by atoms with Gasteiger partial charge in [-0.2, -0.15) is 0 Å². The number of carbonyl (C=O) groups is 1. The van der Waals surface area contributed by atoms with Gasteiger partial charge < -0.3 is 24.0 Å². The standard InChI is InChI=1S/C56H44Cl4N2O4/c57-51-49-50(52(58)54(60)53(51)59)56(66-55(49)63,35-47(37-15-23-41(24-16-37)61-31-7-8-32-61)39-19-27-45(28-20-39)64-43-11-3-1-4-12-43)36-48(38-17-25-42(26-18-38)62-33-9-10-34-62)40-21-29-46(30-22-40)65-44-13-5-2-6-14-44/h1-6,11-30,35-36H,7-10,31-34H2/b47-35+,48-36+. The predicted molar refractivity (Wildman–Crippen MR) is 269 cm³/mol. The summed E-state index contributed by atoms with van der Waals surface area (Å²) in [5.41, 5.74) is 5.92. The lowest BCUT2D eigenvalue weighted by Crippen LogP contribution is -2.23. The number of ether oxygens (including phenoxy) is 3. The fraction of sp³-hybridized carbons (Fsp3) is 0.161. The molecule has 3 aliphatic heterocycles. The Kier molecular flexibility index (Phi) is 12.6. The van der Waals surface area contributed by atoms with E-state index in [0.717, 1.165) is 108 Å². The zero-order valence-electron chi connectivity index (χ0n) is 35.9. The molecule has 0 amide bonds. The van der Waals surface area contributed by atoms with Crippen LogP contribution in [0.25, 0.3) is 11.1 Å². The molecule has 2 saturated heterocycles. The molecule has 7 aromatic carbocycles. The number of benzene rings is 7. The van der Waals surface area contributed by atoms with Crippen molar-refractivity contribution in [1.82, 2.24) is 0 Å². The molecule has 66 heavy (non-hydrogen) atoms. The molecule has 330 valence electrons. The fourth-order valence-electron chi connectivity index (χ4n) is 9.09. The molecule has 0 aromatic heterocycles. The van der Waals surface area contributed by atoms with Gasteiger partial charge in [0.15, 0.2) is 5.60 Å². The van der Waals surface area contributed by atoms with Crippen molar-refractivity contribution in [3.05, 3.63) is 223 Å². The number of carbonyl (C=O) groups excluding carboxylic acids is 1. The Labute approximate surface area is 405 Å². The number of fused-ring (bicyclic) bond motifs is 1. The molecule has 0 atom stereocenters. The molecule has 10 heteroatoms. The molecule has 10 rings (SSSR count). The highest BCUT2D eigenvalue weighted by Crippen LogP contribution is 2.54. The Morgan fingerprint density at radius 3 is 1.20 bits per heavy atom.